The maximum atomic E-state index is 13.0. The number of nitrogens with zero attached hydrogens (tertiary/aromatic N) is 3. The van der Waals surface area contributed by atoms with Gasteiger partial charge in [-0.3, -0.25) is 9.79 Å². The van der Waals surface area contributed by atoms with Crippen LogP contribution >= 0.6 is 0 Å². The van der Waals surface area contributed by atoms with Gasteiger partial charge in [-0.05, 0) is 48.1 Å². The monoisotopic (exact) mass is 479 g/mol. The topological polar surface area (TPSA) is 89.4 Å². The number of phenolic OH excluding ortho intramolecular Hbond substituents is 1. The van der Waals surface area contributed by atoms with Crippen LogP contribution in [0.25, 0.3) is 0 Å². The number of carbonyl (C=O) groups is 1. The Balaban J connectivity index is 1.55. The normalized spacial score (nSPS) is 18.2. The van der Waals surface area contributed by atoms with E-state index in [0.29, 0.717) is 57.4 Å². The number of piperidine rings is 1. The fourth-order valence-corrected chi connectivity index (χ4v) is 4.81. The Kier molecular flexibility index (Phi) is 7.21. The molecule has 3 N–H and O–H groups in total. The Bertz CT molecular complexity index is 1060. The minimum atomic E-state index is -0.566. The Hall–Kier alpha value is -3.26. The number of hydrogen-bond acceptors (Lipinski definition) is 5. The van der Waals surface area contributed by atoms with Gasteiger partial charge in [0.25, 0.3) is 0 Å². The van der Waals surface area contributed by atoms with Crippen molar-refractivity contribution < 1.29 is 14.6 Å². The molecule has 2 fully saturated rings. The van der Waals surface area contributed by atoms with Crippen LogP contribution in [0.2, 0.25) is 0 Å². The number of guanidine groups is 1. The van der Waals surface area contributed by atoms with E-state index in [0.717, 1.165) is 11.3 Å². The van der Waals surface area contributed by atoms with Crippen molar-refractivity contribution in [2.24, 2.45) is 4.99 Å². The highest BCUT2D eigenvalue weighted by Crippen LogP contribution is 2.37. The average Bonchev–Trinajstić information content (AvgIpc) is 3.15. The quantitative estimate of drug-likeness (QED) is 0.263. The molecule has 0 atom stereocenters. The largest absolute Gasteiger partial charge is 0.506 e. The Morgan fingerprint density at radius 3 is 2.54 bits per heavy atom. The predicted molar refractivity (Wildman–Crippen MR) is 140 cm³/mol. The van der Waals surface area contributed by atoms with Crippen molar-refractivity contribution >= 4 is 23.2 Å². The SMILES string of the molecule is COCCN=C(Nc1cc(C(C)(C)C)ccc1O)N1CCC2(CC1)C(=O)NCN2c1ccccc1. The first-order chi connectivity index (χ1) is 16.7. The Morgan fingerprint density at radius 2 is 1.89 bits per heavy atom. The smallest absolute Gasteiger partial charge is 0.247 e. The van der Waals surface area contributed by atoms with Gasteiger partial charge in [-0.2, -0.15) is 0 Å². The Morgan fingerprint density at radius 1 is 1.17 bits per heavy atom. The molecule has 2 aromatic rings. The van der Waals surface area contributed by atoms with Crippen LogP contribution in [0.15, 0.2) is 53.5 Å². The summed E-state index contributed by atoms with van der Waals surface area (Å²) in [6, 6.07) is 15.8. The molecule has 8 heteroatoms. The number of ether oxygens (including phenoxy) is 1. The molecule has 8 nitrogen and oxygen atoms in total. The van der Waals surface area contributed by atoms with Crippen molar-refractivity contribution in [3.05, 3.63) is 54.1 Å². The van der Waals surface area contributed by atoms with E-state index < -0.39 is 5.54 Å². The number of aromatic hydroxyl groups is 1. The van der Waals surface area contributed by atoms with Crippen LogP contribution < -0.4 is 15.5 Å². The fourth-order valence-electron chi connectivity index (χ4n) is 4.81. The van der Waals surface area contributed by atoms with Crippen LogP contribution in [0.5, 0.6) is 5.75 Å². The van der Waals surface area contributed by atoms with E-state index in [-0.39, 0.29) is 17.1 Å². The van der Waals surface area contributed by atoms with E-state index in [4.69, 9.17) is 9.73 Å². The van der Waals surface area contributed by atoms with E-state index in [2.05, 4.69) is 53.3 Å². The lowest BCUT2D eigenvalue weighted by Gasteiger charge is -2.44. The van der Waals surface area contributed by atoms with Gasteiger partial charge in [-0.1, -0.05) is 45.0 Å². The molecule has 2 aliphatic rings. The second kappa shape index (κ2) is 10.2. The zero-order valence-corrected chi connectivity index (χ0v) is 21.2. The highest BCUT2D eigenvalue weighted by Gasteiger charge is 2.50. The Labute approximate surface area is 208 Å². The number of phenols is 1. The van der Waals surface area contributed by atoms with Gasteiger partial charge >= 0.3 is 0 Å². The van der Waals surface area contributed by atoms with E-state index >= 15 is 0 Å². The first-order valence-electron chi connectivity index (χ1n) is 12.2. The molecule has 0 aliphatic carbocycles. The number of para-hydroxylation sites is 1. The molecule has 2 saturated heterocycles. The summed E-state index contributed by atoms with van der Waals surface area (Å²) in [6.07, 6.45) is 1.35. The van der Waals surface area contributed by atoms with Crippen LogP contribution in [0.3, 0.4) is 0 Å². The number of nitrogens with one attached hydrogen (secondary N) is 2. The highest BCUT2D eigenvalue weighted by atomic mass is 16.5. The molecule has 35 heavy (non-hydrogen) atoms. The number of hydrogen-bond donors (Lipinski definition) is 3. The van der Waals surface area contributed by atoms with Crippen molar-refractivity contribution in [2.75, 3.05) is 50.2 Å². The molecule has 0 bridgehead atoms. The zero-order chi connectivity index (χ0) is 25.1. The van der Waals surface area contributed by atoms with Crippen molar-refractivity contribution in [3.8, 4) is 5.75 Å². The second-order valence-electron chi connectivity index (χ2n) is 10.3. The van der Waals surface area contributed by atoms with Gasteiger partial charge in [0.05, 0.1) is 25.5 Å². The number of amides is 1. The lowest BCUT2D eigenvalue weighted by molar-refractivity contribution is -0.124. The second-order valence-corrected chi connectivity index (χ2v) is 10.3. The number of anilines is 2. The van der Waals surface area contributed by atoms with Crippen molar-refractivity contribution in [1.29, 1.82) is 0 Å². The summed E-state index contributed by atoms with van der Waals surface area (Å²) in [5, 5.41) is 17.0. The van der Waals surface area contributed by atoms with Gasteiger partial charge in [-0.25, -0.2) is 0 Å². The number of benzene rings is 2. The number of likely N-dealkylation sites (tertiary alicyclic amines) is 1. The maximum Gasteiger partial charge on any atom is 0.247 e. The van der Waals surface area contributed by atoms with Crippen molar-refractivity contribution in [3.63, 3.8) is 0 Å². The lowest BCUT2D eigenvalue weighted by Crippen LogP contribution is -2.58. The first-order valence-corrected chi connectivity index (χ1v) is 12.2. The number of aliphatic imine (C=N–C) groups is 1. The molecule has 2 heterocycles. The van der Waals surface area contributed by atoms with E-state index in [1.807, 2.05) is 30.3 Å². The molecule has 0 aromatic heterocycles. The minimum Gasteiger partial charge on any atom is -0.506 e. The molecular formula is C27H37N5O3. The molecule has 2 aromatic carbocycles. The predicted octanol–water partition coefficient (Wildman–Crippen LogP) is 3.53. The standard InChI is InChI=1S/C27H37N5O3/c1-26(2,3)20-10-11-23(33)22(18-20)30-25(28-14-17-35-4)31-15-12-27(13-16-31)24(34)29-19-32(27)21-8-6-5-7-9-21/h5-11,18,33H,12-17,19H2,1-4H3,(H,28,30)(H,29,34). The number of carbonyl (C=O) groups excluding carboxylic acids is 1. The van der Waals surface area contributed by atoms with E-state index in [9.17, 15) is 9.90 Å². The summed E-state index contributed by atoms with van der Waals surface area (Å²) in [5.41, 5.74) is 2.18. The molecule has 0 unspecified atom stereocenters. The number of methoxy groups -OCH3 is 1. The van der Waals surface area contributed by atoms with Crippen LogP contribution in [-0.4, -0.2) is 67.4 Å². The highest BCUT2D eigenvalue weighted by molar-refractivity contribution is 5.97. The summed E-state index contributed by atoms with van der Waals surface area (Å²) in [5.74, 6) is 0.946. The maximum absolute atomic E-state index is 13.0. The molecule has 188 valence electrons. The lowest BCUT2D eigenvalue weighted by atomic mass is 9.85. The van der Waals surface area contributed by atoms with E-state index in [1.165, 1.54) is 0 Å². The van der Waals surface area contributed by atoms with Gasteiger partial charge in [0.1, 0.15) is 11.3 Å². The van der Waals surface area contributed by atoms with Crippen LogP contribution in [0, 0.1) is 0 Å². The first kappa shape index (κ1) is 24.9. The van der Waals surface area contributed by atoms with E-state index in [1.54, 1.807) is 13.2 Å². The molecule has 4 rings (SSSR count). The van der Waals surface area contributed by atoms with Gasteiger partial charge in [-0.15, -0.1) is 0 Å². The third-order valence-electron chi connectivity index (χ3n) is 6.96. The summed E-state index contributed by atoms with van der Waals surface area (Å²) >= 11 is 0. The van der Waals surface area contributed by atoms with Crippen molar-refractivity contribution in [1.82, 2.24) is 10.2 Å². The van der Waals surface area contributed by atoms with Gasteiger partial charge in [0, 0.05) is 25.9 Å². The number of rotatable bonds is 5. The minimum absolute atomic E-state index is 0.0499. The van der Waals surface area contributed by atoms with Gasteiger partial charge in [0.2, 0.25) is 5.91 Å². The molecule has 1 spiro atoms. The summed E-state index contributed by atoms with van der Waals surface area (Å²) in [4.78, 5) is 22.1. The van der Waals surface area contributed by atoms with Crippen LogP contribution in [-0.2, 0) is 14.9 Å². The molecule has 1 amide bonds. The molecule has 0 saturated carbocycles. The molecule has 2 aliphatic heterocycles. The van der Waals surface area contributed by atoms with Gasteiger partial charge in [0.15, 0.2) is 5.96 Å². The van der Waals surface area contributed by atoms with Gasteiger partial charge < -0.3 is 30.3 Å². The zero-order valence-electron chi connectivity index (χ0n) is 21.2. The van der Waals surface area contributed by atoms with Crippen molar-refractivity contribution in [2.45, 2.75) is 44.6 Å². The van der Waals surface area contributed by atoms with Crippen LogP contribution in [0.4, 0.5) is 11.4 Å². The fraction of sp³-hybridized carbons (Fsp3) is 0.481. The third-order valence-corrected chi connectivity index (χ3v) is 6.96. The molecular weight excluding hydrogens is 442 g/mol. The average molecular weight is 480 g/mol. The van der Waals surface area contributed by atoms with Crippen LogP contribution in [0.1, 0.15) is 39.2 Å². The summed E-state index contributed by atoms with van der Waals surface area (Å²) < 4.78 is 5.21. The summed E-state index contributed by atoms with van der Waals surface area (Å²) in [7, 11) is 1.66. The third kappa shape index (κ3) is 5.22. The molecule has 0 radical (unpaired) electrons. The summed E-state index contributed by atoms with van der Waals surface area (Å²) in [6.45, 7) is 9.27.